The lowest BCUT2D eigenvalue weighted by molar-refractivity contribution is 0.647. The number of thioether (sulfide) groups is 1. The molecule has 0 amide bonds. The number of nitrogens with zero attached hydrogens (tertiary/aromatic N) is 2. The Morgan fingerprint density at radius 1 is 1.50 bits per heavy atom. The second-order valence-corrected chi connectivity index (χ2v) is 4.35. The van der Waals surface area contributed by atoms with Crippen LogP contribution in [-0.2, 0) is 0 Å². The van der Waals surface area contributed by atoms with E-state index in [1.807, 2.05) is 19.0 Å². The molecule has 4 heteroatoms. The zero-order valence-electron chi connectivity index (χ0n) is 7.54. The van der Waals surface area contributed by atoms with Gasteiger partial charge >= 0.3 is 0 Å². The first-order chi connectivity index (χ1) is 5.68. The van der Waals surface area contributed by atoms with Crippen LogP contribution in [0.2, 0.25) is 0 Å². The highest BCUT2D eigenvalue weighted by Gasteiger charge is 1.98. The van der Waals surface area contributed by atoms with E-state index in [9.17, 15) is 0 Å². The maximum atomic E-state index is 8.27. The van der Waals surface area contributed by atoms with Crippen molar-refractivity contribution in [1.82, 2.24) is 4.90 Å². The van der Waals surface area contributed by atoms with Crippen molar-refractivity contribution in [3.8, 4) is 6.07 Å². The molecular weight excluding hydrogens is 188 g/mol. The molecule has 0 N–H and O–H groups in total. The maximum absolute atomic E-state index is 8.27. The van der Waals surface area contributed by atoms with Gasteiger partial charge in [0.05, 0.1) is 6.07 Å². The molecule has 0 heterocycles. The smallest absolute Gasteiger partial charge is 0.135 e. The van der Waals surface area contributed by atoms with Gasteiger partial charge in [-0.15, -0.1) is 0 Å². The fourth-order valence-electron chi connectivity index (χ4n) is 0.595. The summed E-state index contributed by atoms with van der Waals surface area (Å²) in [6, 6.07) is 2.13. The highest BCUT2D eigenvalue weighted by molar-refractivity contribution is 8.22. The van der Waals surface area contributed by atoms with Gasteiger partial charge in [0.25, 0.3) is 0 Å². The highest BCUT2D eigenvalue weighted by atomic mass is 32.2. The molecule has 0 saturated heterocycles. The van der Waals surface area contributed by atoms with Gasteiger partial charge in [0.15, 0.2) is 0 Å². The first-order valence-corrected chi connectivity index (χ1v) is 5.29. The van der Waals surface area contributed by atoms with Gasteiger partial charge in [-0.1, -0.05) is 24.0 Å². The van der Waals surface area contributed by atoms with Crippen molar-refractivity contribution in [1.29, 1.82) is 5.26 Å². The van der Waals surface area contributed by atoms with Crippen molar-refractivity contribution < 1.29 is 0 Å². The third-order valence-electron chi connectivity index (χ3n) is 1.27. The zero-order valence-corrected chi connectivity index (χ0v) is 9.17. The van der Waals surface area contributed by atoms with Gasteiger partial charge in [-0.2, -0.15) is 5.26 Å². The molecule has 0 spiro atoms. The Kier molecular flexibility index (Phi) is 7.22. The molecule has 0 rings (SSSR count). The molecule has 68 valence electrons. The zero-order chi connectivity index (χ0) is 9.40. The molecule has 0 aliphatic rings. The molecular formula is C8H14N2S2. The van der Waals surface area contributed by atoms with E-state index in [0.717, 1.165) is 22.9 Å². The quantitative estimate of drug-likeness (QED) is 0.516. The van der Waals surface area contributed by atoms with Crippen molar-refractivity contribution in [2.45, 2.75) is 19.3 Å². The van der Waals surface area contributed by atoms with E-state index in [-0.39, 0.29) is 0 Å². The molecule has 0 radical (unpaired) electrons. The second-order valence-electron chi connectivity index (χ2n) is 2.62. The minimum atomic E-state index is 0.662. The Morgan fingerprint density at radius 2 is 2.17 bits per heavy atom. The molecule has 0 aromatic rings. The molecule has 2 nitrogen and oxygen atoms in total. The van der Waals surface area contributed by atoms with Crippen molar-refractivity contribution in [2.24, 2.45) is 0 Å². The van der Waals surface area contributed by atoms with Crippen LogP contribution in [0.25, 0.3) is 0 Å². The molecule has 0 aromatic carbocycles. The van der Waals surface area contributed by atoms with Gasteiger partial charge in [0.1, 0.15) is 4.32 Å². The first kappa shape index (κ1) is 11.7. The normalized spacial score (nSPS) is 9.08. The van der Waals surface area contributed by atoms with Crippen molar-refractivity contribution >= 4 is 28.3 Å². The lowest BCUT2D eigenvalue weighted by Crippen LogP contribution is -2.16. The Labute approximate surface area is 83.9 Å². The van der Waals surface area contributed by atoms with Gasteiger partial charge < -0.3 is 4.90 Å². The Bertz CT molecular complexity index is 172. The van der Waals surface area contributed by atoms with Gasteiger partial charge in [-0.3, -0.25) is 0 Å². The number of hydrogen-bond acceptors (Lipinski definition) is 3. The van der Waals surface area contributed by atoms with Gasteiger partial charge in [-0.05, 0) is 12.8 Å². The third-order valence-corrected chi connectivity index (χ3v) is 3.10. The van der Waals surface area contributed by atoms with Crippen molar-refractivity contribution in [3.05, 3.63) is 0 Å². The van der Waals surface area contributed by atoms with Crippen LogP contribution in [0.1, 0.15) is 19.3 Å². The fraction of sp³-hybridized carbons (Fsp3) is 0.750. The monoisotopic (exact) mass is 202 g/mol. The molecule has 0 aliphatic carbocycles. The molecule has 12 heavy (non-hydrogen) atoms. The molecule has 0 saturated carbocycles. The van der Waals surface area contributed by atoms with Crippen molar-refractivity contribution in [2.75, 3.05) is 19.8 Å². The molecule has 0 aliphatic heterocycles. The van der Waals surface area contributed by atoms with E-state index in [1.165, 1.54) is 0 Å². The molecule has 0 atom stereocenters. The first-order valence-electron chi connectivity index (χ1n) is 3.89. The van der Waals surface area contributed by atoms with Crippen LogP contribution < -0.4 is 0 Å². The summed E-state index contributed by atoms with van der Waals surface area (Å²) in [6.45, 7) is 0. The lowest BCUT2D eigenvalue weighted by Gasteiger charge is -2.11. The molecule has 0 bridgehead atoms. The van der Waals surface area contributed by atoms with E-state index in [2.05, 4.69) is 6.07 Å². The number of hydrogen-bond donors (Lipinski definition) is 0. The number of rotatable bonds is 4. The van der Waals surface area contributed by atoms with Crippen LogP contribution in [0.5, 0.6) is 0 Å². The van der Waals surface area contributed by atoms with E-state index in [1.54, 1.807) is 11.8 Å². The minimum absolute atomic E-state index is 0.662. The fourth-order valence-corrected chi connectivity index (χ4v) is 1.63. The number of thiocarbonyl (C=S) groups is 1. The Morgan fingerprint density at radius 3 is 2.67 bits per heavy atom. The number of unbranched alkanes of at least 4 members (excludes halogenated alkanes) is 2. The predicted octanol–water partition coefficient (Wildman–Crippen LogP) is 2.26. The van der Waals surface area contributed by atoms with E-state index in [0.29, 0.717) is 6.42 Å². The van der Waals surface area contributed by atoms with Crippen molar-refractivity contribution in [3.63, 3.8) is 0 Å². The minimum Gasteiger partial charge on any atom is -0.364 e. The Hall–Kier alpha value is -0.270. The third kappa shape index (κ3) is 6.44. The predicted molar refractivity (Wildman–Crippen MR) is 58.2 cm³/mol. The SMILES string of the molecule is CN(C)C(=S)SCCCCC#N. The summed E-state index contributed by atoms with van der Waals surface area (Å²) < 4.78 is 0.923. The van der Waals surface area contributed by atoms with Crippen LogP contribution in [0.15, 0.2) is 0 Å². The van der Waals surface area contributed by atoms with E-state index >= 15 is 0 Å². The lowest BCUT2D eigenvalue weighted by atomic mass is 10.3. The van der Waals surface area contributed by atoms with E-state index < -0.39 is 0 Å². The van der Waals surface area contributed by atoms with Crippen LogP contribution >= 0.6 is 24.0 Å². The molecule has 0 fully saturated rings. The van der Waals surface area contributed by atoms with Crippen LogP contribution in [0.3, 0.4) is 0 Å². The van der Waals surface area contributed by atoms with Gasteiger partial charge in [0, 0.05) is 26.3 Å². The van der Waals surface area contributed by atoms with Gasteiger partial charge in [-0.25, -0.2) is 0 Å². The summed E-state index contributed by atoms with van der Waals surface area (Å²) in [4.78, 5) is 1.93. The molecule has 0 aromatic heterocycles. The largest absolute Gasteiger partial charge is 0.364 e. The maximum Gasteiger partial charge on any atom is 0.135 e. The summed E-state index contributed by atoms with van der Waals surface area (Å²) in [5.74, 6) is 1.03. The second kappa shape index (κ2) is 7.38. The standard InChI is InChI=1S/C8H14N2S2/c1-10(2)8(11)12-7-5-3-4-6-9/h3-5,7H2,1-2H3. The summed E-state index contributed by atoms with van der Waals surface area (Å²) in [7, 11) is 3.90. The number of nitriles is 1. The van der Waals surface area contributed by atoms with Crippen LogP contribution in [-0.4, -0.2) is 29.1 Å². The van der Waals surface area contributed by atoms with Gasteiger partial charge in [0.2, 0.25) is 0 Å². The summed E-state index contributed by atoms with van der Waals surface area (Å²) in [5.41, 5.74) is 0. The highest BCUT2D eigenvalue weighted by Crippen LogP contribution is 2.09. The average Bonchev–Trinajstić information content (AvgIpc) is 2.03. The van der Waals surface area contributed by atoms with E-state index in [4.69, 9.17) is 17.5 Å². The summed E-state index contributed by atoms with van der Waals surface area (Å²) in [6.07, 6.45) is 2.72. The Balaban J connectivity index is 3.21. The topological polar surface area (TPSA) is 27.0 Å². The van der Waals surface area contributed by atoms with Crippen LogP contribution in [0.4, 0.5) is 0 Å². The molecule has 0 unspecified atom stereocenters. The van der Waals surface area contributed by atoms with Crippen LogP contribution in [0, 0.1) is 11.3 Å². The summed E-state index contributed by atoms with van der Waals surface area (Å²) >= 11 is 6.76. The summed E-state index contributed by atoms with van der Waals surface area (Å²) in [5, 5.41) is 8.27. The average molecular weight is 202 g/mol.